The van der Waals surface area contributed by atoms with E-state index in [0.29, 0.717) is 11.1 Å². The second-order valence-corrected chi connectivity index (χ2v) is 4.66. The summed E-state index contributed by atoms with van der Waals surface area (Å²) < 4.78 is 12.9. The van der Waals surface area contributed by atoms with Gasteiger partial charge in [0.05, 0.1) is 5.52 Å². The molecule has 0 spiro atoms. The quantitative estimate of drug-likeness (QED) is 0.657. The number of pyridine rings is 1. The fraction of sp³-hybridized carbons (Fsp3) is 0.0588. The van der Waals surface area contributed by atoms with E-state index < -0.39 is 0 Å². The van der Waals surface area contributed by atoms with E-state index in [1.165, 1.54) is 24.3 Å². The minimum Gasteiger partial charge on any atom is -0.289 e. The van der Waals surface area contributed by atoms with Gasteiger partial charge in [-0.05, 0) is 43.3 Å². The zero-order valence-electron chi connectivity index (χ0n) is 10.9. The summed E-state index contributed by atoms with van der Waals surface area (Å²) in [4.78, 5) is 17.0. The summed E-state index contributed by atoms with van der Waals surface area (Å²) in [7, 11) is 0. The third kappa shape index (κ3) is 2.18. The van der Waals surface area contributed by atoms with E-state index >= 15 is 0 Å². The first-order valence-corrected chi connectivity index (χ1v) is 6.32. The molecule has 0 N–H and O–H groups in total. The predicted molar refractivity (Wildman–Crippen MR) is 76.3 cm³/mol. The molecule has 3 rings (SSSR count). The molecule has 0 aliphatic heterocycles. The molecule has 0 radical (unpaired) electrons. The number of hydrogen-bond donors (Lipinski definition) is 0. The van der Waals surface area contributed by atoms with E-state index in [4.69, 9.17) is 0 Å². The minimum absolute atomic E-state index is 0.119. The SMILES string of the molecule is Cc1cc(C(=O)c2ccc(F)cc2)c2ccccc2n1. The van der Waals surface area contributed by atoms with Gasteiger partial charge >= 0.3 is 0 Å². The second-order valence-electron chi connectivity index (χ2n) is 4.66. The standard InChI is InChI=1S/C17H12FNO/c1-11-10-15(14-4-2-3-5-16(14)19-11)17(20)12-6-8-13(18)9-7-12/h2-10H,1H3. The van der Waals surface area contributed by atoms with Crippen molar-refractivity contribution < 1.29 is 9.18 Å². The maximum Gasteiger partial charge on any atom is 0.193 e. The smallest absolute Gasteiger partial charge is 0.193 e. The van der Waals surface area contributed by atoms with Gasteiger partial charge in [0, 0.05) is 22.2 Å². The number of rotatable bonds is 2. The van der Waals surface area contributed by atoms with Gasteiger partial charge in [-0.25, -0.2) is 4.39 Å². The zero-order valence-corrected chi connectivity index (χ0v) is 10.9. The van der Waals surface area contributed by atoms with Crippen LogP contribution in [0.15, 0.2) is 54.6 Å². The molecule has 3 aromatic rings. The summed E-state index contributed by atoms with van der Waals surface area (Å²) in [5.74, 6) is -0.469. The molecule has 0 bridgehead atoms. The third-order valence-electron chi connectivity index (χ3n) is 3.20. The van der Waals surface area contributed by atoms with Crippen LogP contribution in [-0.4, -0.2) is 10.8 Å². The van der Waals surface area contributed by atoms with Crippen molar-refractivity contribution in [3.05, 3.63) is 77.2 Å². The van der Waals surface area contributed by atoms with Gasteiger partial charge in [0.2, 0.25) is 0 Å². The van der Waals surface area contributed by atoms with Crippen molar-refractivity contribution in [2.45, 2.75) is 6.92 Å². The monoisotopic (exact) mass is 265 g/mol. The normalized spacial score (nSPS) is 10.7. The maximum atomic E-state index is 12.9. The van der Waals surface area contributed by atoms with Gasteiger partial charge in [0.25, 0.3) is 0 Å². The first kappa shape index (κ1) is 12.5. The topological polar surface area (TPSA) is 30.0 Å². The Balaban J connectivity index is 2.18. The van der Waals surface area contributed by atoms with E-state index in [1.54, 1.807) is 6.07 Å². The number of para-hydroxylation sites is 1. The van der Waals surface area contributed by atoms with Gasteiger partial charge in [-0.2, -0.15) is 0 Å². The zero-order chi connectivity index (χ0) is 14.1. The molecule has 1 heterocycles. The lowest BCUT2D eigenvalue weighted by atomic mass is 9.99. The lowest BCUT2D eigenvalue weighted by Crippen LogP contribution is -2.04. The largest absolute Gasteiger partial charge is 0.289 e. The molecule has 0 saturated carbocycles. The second kappa shape index (κ2) is 4.85. The van der Waals surface area contributed by atoms with Gasteiger partial charge < -0.3 is 0 Å². The fourth-order valence-corrected chi connectivity index (χ4v) is 2.25. The Kier molecular flexibility index (Phi) is 3.03. The number of carbonyl (C=O) groups is 1. The van der Waals surface area contributed by atoms with Crippen molar-refractivity contribution in [1.29, 1.82) is 0 Å². The van der Waals surface area contributed by atoms with Crippen LogP contribution in [-0.2, 0) is 0 Å². The molecule has 20 heavy (non-hydrogen) atoms. The summed E-state index contributed by atoms with van der Waals surface area (Å²) in [5.41, 5.74) is 2.65. The van der Waals surface area contributed by atoms with Crippen LogP contribution in [0, 0.1) is 12.7 Å². The molecule has 3 heteroatoms. The van der Waals surface area contributed by atoms with Crippen molar-refractivity contribution in [1.82, 2.24) is 4.98 Å². The van der Waals surface area contributed by atoms with Crippen LogP contribution >= 0.6 is 0 Å². The van der Waals surface area contributed by atoms with Crippen molar-refractivity contribution in [2.24, 2.45) is 0 Å². The van der Waals surface area contributed by atoms with Crippen LogP contribution in [0.25, 0.3) is 10.9 Å². The van der Waals surface area contributed by atoms with E-state index in [1.807, 2.05) is 31.2 Å². The first-order valence-electron chi connectivity index (χ1n) is 6.32. The minimum atomic E-state index is -0.350. The third-order valence-corrected chi connectivity index (χ3v) is 3.20. The molecule has 0 saturated heterocycles. The summed E-state index contributed by atoms with van der Waals surface area (Å²) in [6, 6.07) is 14.9. The number of halogens is 1. The highest BCUT2D eigenvalue weighted by Crippen LogP contribution is 2.21. The Hall–Kier alpha value is -2.55. The number of ketones is 1. The molecule has 0 fully saturated rings. The Morgan fingerprint density at radius 3 is 2.50 bits per heavy atom. The number of hydrogen-bond acceptors (Lipinski definition) is 2. The summed E-state index contributed by atoms with van der Waals surface area (Å²) >= 11 is 0. The van der Waals surface area contributed by atoms with Crippen molar-refractivity contribution in [2.75, 3.05) is 0 Å². The van der Waals surface area contributed by atoms with Crippen LogP contribution in [0.4, 0.5) is 4.39 Å². The molecular weight excluding hydrogens is 253 g/mol. The molecule has 0 unspecified atom stereocenters. The molecule has 2 aromatic carbocycles. The van der Waals surface area contributed by atoms with Crippen molar-refractivity contribution in [3.63, 3.8) is 0 Å². The summed E-state index contributed by atoms with van der Waals surface area (Å²) in [6.45, 7) is 1.86. The van der Waals surface area contributed by atoms with Crippen LogP contribution in [0.5, 0.6) is 0 Å². The van der Waals surface area contributed by atoms with E-state index in [9.17, 15) is 9.18 Å². The molecule has 0 aliphatic rings. The Morgan fingerprint density at radius 2 is 1.75 bits per heavy atom. The Bertz CT molecular complexity index is 794. The van der Waals surface area contributed by atoms with Crippen molar-refractivity contribution >= 4 is 16.7 Å². The van der Waals surface area contributed by atoms with E-state index in [-0.39, 0.29) is 11.6 Å². The summed E-state index contributed by atoms with van der Waals surface area (Å²) in [6.07, 6.45) is 0. The van der Waals surface area contributed by atoms with E-state index in [2.05, 4.69) is 4.98 Å². The number of aromatic nitrogens is 1. The first-order chi connectivity index (χ1) is 9.65. The van der Waals surface area contributed by atoms with Crippen LogP contribution < -0.4 is 0 Å². The van der Waals surface area contributed by atoms with Gasteiger partial charge in [0.15, 0.2) is 5.78 Å². The van der Waals surface area contributed by atoms with Crippen molar-refractivity contribution in [3.8, 4) is 0 Å². The number of carbonyl (C=O) groups excluding carboxylic acids is 1. The average molecular weight is 265 g/mol. The fourth-order valence-electron chi connectivity index (χ4n) is 2.25. The molecule has 98 valence electrons. The molecule has 0 atom stereocenters. The van der Waals surface area contributed by atoms with Gasteiger partial charge in [0.1, 0.15) is 5.82 Å². The van der Waals surface area contributed by atoms with Crippen LogP contribution in [0.1, 0.15) is 21.6 Å². The highest BCUT2D eigenvalue weighted by molar-refractivity contribution is 6.15. The van der Waals surface area contributed by atoms with Gasteiger partial charge in [-0.3, -0.25) is 9.78 Å². The molecule has 1 aromatic heterocycles. The summed E-state index contributed by atoms with van der Waals surface area (Å²) in [5, 5.41) is 0.812. The maximum absolute atomic E-state index is 12.9. The average Bonchev–Trinajstić information content (AvgIpc) is 2.46. The number of nitrogens with zero attached hydrogens (tertiary/aromatic N) is 1. The lowest BCUT2D eigenvalue weighted by molar-refractivity contribution is 0.104. The molecule has 0 amide bonds. The molecule has 2 nitrogen and oxygen atoms in total. The van der Waals surface area contributed by atoms with Gasteiger partial charge in [-0.15, -0.1) is 0 Å². The molecule has 0 aliphatic carbocycles. The molecular formula is C17H12FNO. The highest BCUT2D eigenvalue weighted by atomic mass is 19.1. The lowest BCUT2D eigenvalue weighted by Gasteiger charge is -2.07. The number of aryl methyl sites for hydroxylation is 1. The number of benzene rings is 2. The highest BCUT2D eigenvalue weighted by Gasteiger charge is 2.13. The van der Waals surface area contributed by atoms with Crippen LogP contribution in [0.2, 0.25) is 0 Å². The Morgan fingerprint density at radius 1 is 1.05 bits per heavy atom. The Labute approximate surface area is 115 Å². The van der Waals surface area contributed by atoms with E-state index in [0.717, 1.165) is 16.6 Å². The van der Waals surface area contributed by atoms with Crippen LogP contribution in [0.3, 0.4) is 0 Å². The van der Waals surface area contributed by atoms with Gasteiger partial charge in [-0.1, -0.05) is 18.2 Å². The number of fused-ring (bicyclic) bond motifs is 1. The predicted octanol–water partition coefficient (Wildman–Crippen LogP) is 3.91.